The Hall–Kier alpha value is -1.75. The number of guanidine groups is 2. The van der Waals surface area contributed by atoms with Gasteiger partial charge < -0.3 is 16.4 Å². The van der Waals surface area contributed by atoms with Crippen molar-refractivity contribution in [3.63, 3.8) is 0 Å². The summed E-state index contributed by atoms with van der Waals surface area (Å²) in [5.74, 6) is 0.0137. The quantitative estimate of drug-likeness (QED) is 0.555. The molecule has 0 radical (unpaired) electrons. The molecule has 0 aliphatic heterocycles. The third kappa shape index (κ3) is 5.48. The van der Waals surface area contributed by atoms with E-state index < -0.39 is 0 Å². The average molecular weight is 296 g/mol. The summed E-state index contributed by atoms with van der Waals surface area (Å²) < 4.78 is 0. The maximum Gasteiger partial charge on any atom is 0.221 e. The lowest BCUT2D eigenvalue weighted by atomic mass is 10.1. The molecule has 1 aromatic carbocycles. The largest absolute Gasteiger partial charge is 0.370 e. The third-order valence-corrected chi connectivity index (χ3v) is 3.29. The fraction of sp³-hybridized carbons (Fsp3) is 0.429. The van der Waals surface area contributed by atoms with Crippen molar-refractivity contribution < 1.29 is 0 Å². The minimum absolute atomic E-state index is 0.0887. The number of nitrogens with zero attached hydrogens (tertiary/aromatic N) is 2. The zero-order valence-corrected chi connectivity index (χ0v) is 12.5. The second-order valence-corrected chi connectivity index (χ2v) is 4.95. The Morgan fingerprint density at radius 1 is 1.30 bits per heavy atom. The molecule has 0 atom stereocenters. The summed E-state index contributed by atoms with van der Waals surface area (Å²) in [5, 5.41) is 8.67. The second kappa shape index (κ2) is 8.43. The summed E-state index contributed by atoms with van der Waals surface area (Å²) in [6.45, 7) is 3.53. The van der Waals surface area contributed by atoms with Crippen molar-refractivity contribution in [2.75, 3.05) is 13.1 Å². The SMILES string of the molecule is CCCCN(CCc1ccccc1Cl)C(=N)N=C(N)N. The number of halogens is 1. The number of nitrogens with two attached hydrogens (primary N) is 2. The van der Waals surface area contributed by atoms with Crippen LogP contribution in [0.4, 0.5) is 0 Å². The fourth-order valence-corrected chi connectivity index (χ4v) is 2.05. The van der Waals surface area contributed by atoms with Crippen LogP contribution in [0.15, 0.2) is 29.3 Å². The number of nitrogens with one attached hydrogen (secondary N) is 1. The van der Waals surface area contributed by atoms with Gasteiger partial charge in [0.05, 0.1) is 0 Å². The monoisotopic (exact) mass is 295 g/mol. The molecule has 6 heteroatoms. The maximum atomic E-state index is 7.92. The summed E-state index contributed by atoms with van der Waals surface area (Å²) >= 11 is 6.14. The highest BCUT2D eigenvalue weighted by Crippen LogP contribution is 2.16. The first-order valence-electron chi connectivity index (χ1n) is 6.71. The van der Waals surface area contributed by atoms with Crippen molar-refractivity contribution in [1.82, 2.24) is 4.90 Å². The van der Waals surface area contributed by atoms with Gasteiger partial charge in [0.25, 0.3) is 0 Å². The zero-order chi connectivity index (χ0) is 15.0. The Bertz CT molecular complexity index is 468. The van der Waals surface area contributed by atoms with Crippen LogP contribution in [0, 0.1) is 5.41 Å². The van der Waals surface area contributed by atoms with Gasteiger partial charge in [-0.1, -0.05) is 43.1 Å². The molecule has 0 bridgehead atoms. The molecular weight excluding hydrogens is 274 g/mol. The van der Waals surface area contributed by atoms with Crippen LogP contribution in [0.25, 0.3) is 0 Å². The normalized spacial score (nSPS) is 10.1. The van der Waals surface area contributed by atoms with Gasteiger partial charge in [0.1, 0.15) is 0 Å². The Morgan fingerprint density at radius 3 is 2.60 bits per heavy atom. The number of aliphatic imine (C=N–C) groups is 1. The molecule has 0 amide bonds. The van der Waals surface area contributed by atoms with Crippen LogP contribution in [0.2, 0.25) is 5.02 Å². The van der Waals surface area contributed by atoms with E-state index in [2.05, 4.69) is 11.9 Å². The van der Waals surface area contributed by atoms with Crippen molar-refractivity contribution in [2.24, 2.45) is 16.5 Å². The predicted molar refractivity (Wildman–Crippen MR) is 85.2 cm³/mol. The van der Waals surface area contributed by atoms with Crippen LogP contribution in [-0.2, 0) is 6.42 Å². The molecule has 0 heterocycles. The van der Waals surface area contributed by atoms with Gasteiger partial charge in [0.2, 0.25) is 5.96 Å². The molecule has 0 unspecified atom stereocenters. The summed E-state index contributed by atoms with van der Waals surface area (Å²) in [6.07, 6.45) is 2.80. The molecule has 0 aliphatic rings. The summed E-state index contributed by atoms with van der Waals surface area (Å²) in [7, 11) is 0. The zero-order valence-electron chi connectivity index (χ0n) is 11.8. The van der Waals surface area contributed by atoms with Crippen molar-refractivity contribution in [3.8, 4) is 0 Å². The van der Waals surface area contributed by atoms with Crippen LogP contribution in [-0.4, -0.2) is 29.9 Å². The minimum Gasteiger partial charge on any atom is -0.370 e. The van der Waals surface area contributed by atoms with Crippen molar-refractivity contribution in [1.29, 1.82) is 5.41 Å². The van der Waals surface area contributed by atoms with Crippen molar-refractivity contribution in [2.45, 2.75) is 26.2 Å². The second-order valence-electron chi connectivity index (χ2n) is 4.54. The van der Waals surface area contributed by atoms with E-state index in [0.717, 1.165) is 36.4 Å². The highest BCUT2D eigenvalue weighted by molar-refractivity contribution is 6.31. The molecular formula is C14H22ClN5. The van der Waals surface area contributed by atoms with Crippen LogP contribution in [0.5, 0.6) is 0 Å². The van der Waals surface area contributed by atoms with Gasteiger partial charge in [-0.25, -0.2) is 0 Å². The maximum absolute atomic E-state index is 7.92. The lowest BCUT2D eigenvalue weighted by Crippen LogP contribution is -2.35. The Kier molecular flexibility index (Phi) is 6.87. The summed E-state index contributed by atoms with van der Waals surface area (Å²) in [4.78, 5) is 5.68. The number of unbranched alkanes of at least 4 members (excludes halogenated alkanes) is 1. The van der Waals surface area contributed by atoms with Crippen LogP contribution >= 0.6 is 11.6 Å². The number of rotatable bonds is 6. The molecule has 0 spiro atoms. The third-order valence-electron chi connectivity index (χ3n) is 2.93. The number of hydrogen-bond donors (Lipinski definition) is 3. The van der Waals surface area contributed by atoms with Gasteiger partial charge in [0, 0.05) is 18.1 Å². The number of benzene rings is 1. The molecule has 0 aromatic heterocycles. The highest BCUT2D eigenvalue weighted by Gasteiger charge is 2.10. The topological polar surface area (TPSA) is 91.5 Å². The molecule has 110 valence electrons. The first kappa shape index (κ1) is 16.3. The fourth-order valence-electron chi connectivity index (χ4n) is 1.82. The standard InChI is InChI=1S/C14H22ClN5/c1-2-3-9-20(14(18)19-13(16)17)10-8-11-6-4-5-7-12(11)15/h4-7H,2-3,8-10H2,1H3,(H5,16,17,18,19). The van der Waals surface area contributed by atoms with E-state index in [1.807, 2.05) is 29.2 Å². The van der Waals surface area contributed by atoms with E-state index in [0.29, 0.717) is 6.54 Å². The van der Waals surface area contributed by atoms with Crippen LogP contribution < -0.4 is 11.5 Å². The van der Waals surface area contributed by atoms with Gasteiger partial charge >= 0.3 is 0 Å². The van der Waals surface area contributed by atoms with E-state index in [1.54, 1.807) is 0 Å². The van der Waals surface area contributed by atoms with E-state index in [9.17, 15) is 0 Å². The van der Waals surface area contributed by atoms with Crippen LogP contribution in [0.1, 0.15) is 25.3 Å². The lowest BCUT2D eigenvalue weighted by Gasteiger charge is -2.22. The van der Waals surface area contributed by atoms with Gasteiger partial charge in [-0.15, -0.1) is 0 Å². The van der Waals surface area contributed by atoms with E-state index >= 15 is 0 Å². The van der Waals surface area contributed by atoms with Crippen molar-refractivity contribution >= 4 is 23.5 Å². The van der Waals surface area contributed by atoms with E-state index in [4.69, 9.17) is 28.5 Å². The first-order chi connectivity index (χ1) is 9.54. The summed E-state index contributed by atoms with van der Waals surface area (Å²) in [5.41, 5.74) is 11.7. The predicted octanol–water partition coefficient (Wildman–Crippen LogP) is 2.19. The molecule has 0 saturated heterocycles. The van der Waals surface area contributed by atoms with Crippen LogP contribution in [0.3, 0.4) is 0 Å². The van der Waals surface area contributed by atoms with E-state index in [1.165, 1.54) is 0 Å². The Balaban J connectivity index is 2.67. The lowest BCUT2D eigenvalue weighted by molar-refractivity contribution is 0.405. The minimum atomic E-state index is -0.0887. The van der Waals surface area contributed by atoms with Gasteiger partial charge in [-0.2, -0.15) is 4.99 Å². The first-order valence-corrected chi connectivity index (χ1v) is 7.09. The molecule has 5 nitrogen and oxygen atoms in total. The smallest absolute Gasteiger partial charge is 0.221 e. The van der Waals surface area contributed by atoms with Gasteiger partial charge in [-0.05, 0) is 24.5 Å². The van der Waals surface area contributed by atoms with Gasteiger partial charge in [-0.3, -0.25) is 5.41 Å². The van der Waals surface area contributed by atoms with E-state index in [-0.39, 0.29) is 11.9 Å². The molecule has 0 saturated carbocycles. The molecule has 0 fully saturated rings. The Morgan fingerprint density at radius 2 is 2.00 bits per heavy atom. The highest BCUT2D eigenvalue weighted by atomic mass is 35.5. The number of hydrogen-bond acceptors (Lipinski definition) is 1. The molecule has 1 rings (SSSR count). The molecule has 0 aliphatic carbocycles. The Labute approximate surface area is 125 Å². The van der Waals surface area contributed by atoms with Crippen molar-refractivity contribution in [3.05, 3.63) is 34.9 Å². The van der Waals surface area contributed by atoms with Gasteiger partial charge in [0.15, 0.2) is 5.96 Å². The summed E-state index contributed by atoms with van der Waals surface area (Å²) in [6, 6.07) is 7.72. The molecule has 5 N–H and O–H groups in total. The average Bonchev–Trinajstić information content (AvgIpc) is 2.39. The molecule has 1 aromatic rings. The molecule has 20 heavy (non-hydrogen) atoms.